The van der Waals surface area contributed by atoms with Crippen LogP contribution >= 0.6 is 0 Å². The number of anilines is 1. The van der Waals surface area contributed by atoms with Crippen molar-refractivity contribution in [3.05, 3.63) is 23.8 Å². The smallest absolute Gasteiger partial charge is 0.255 e. The van der Waals surface area contributed by atoms with Gasteiger partial charge in [-0.25, -0.2) is 0 Å². The van der Waals surface area contributed by atoms with Crippen molar-refractivity contribution in [3.63, 3.8) is 0 Å². The Morgan fingerprint density at radius 3 is 2.83 bits per heavy atom. The number of rotatable bonds is 6. The molecule has 0 radical (unpaired) electrons. The lowest BCUT2D eigenvalue weighted by molar-refractivity contribution is 0.0926. The molecule has 0 fully saturated rings. The second kappa shape index (κ2) is 6.86. The van der Waals surface area contributed by atoms with Crippen LogP contribution in [-0.2, 0) is 0 Å². The summed E-state index contributed by atoms with van der Waals surface area (Å²) in [5, 5.41) is 11.8. The Balaban J connectivity index is 2.83. The minimum atomic E-state index is -0.216. The van der Waals surface area contributed by atoms with Crippen molar-refractivity contribution in [2.45, 2.75) is 25.8 Å². The zero-order valence-electron chi connectivity index (χ0n) is 10.8. The Hall–Kier alpha value is -1.75. The molecule has 5 heteroatoms. The Morgan fingerprint density at radius 1 is 1.56 bits per heavy atom. The van der Waals surface area contributed by atoms with Crippen LogP contribution in [0.5, 0.6) is 5.75 Å². The van der Waals surface area contributed by atoms with Crippen LogP contribution in [-0.4, -0.2) is 30.8 Å². The molecule has 18 heavy (non-hydrogen) atoms. The molecule has 0 saturated heterocycles. The van der Waals surface area contributed by atoms with Crippen molar-refractivity contribution in [1.82, 2.24) is 5.32 Å². The van der Waals surface area contributed by atoms with Crippen LogP contribution in [0.4, 0.5) is 5.69 Å². The highest BCUT2D eigenvalue weighted by Gasteiger charge is 2.15. The highest BCUT2D eigenvalue weighted by molar-refractivity contribution is 5.97. The number of ether oxygens (including phenoxy) is 1. The Labute approximate surface area is 107 Å². The summed E-state index contributed by atoms with van der Waals surface area (Å²) < 4.78 is 5.13. The maximum Gasteiger partial charge on any atom is 0.255 e. The summed E-state index contributed by atoms with van der Waals surface area (Å²) in [7, 11) is 1.50. The van der Waals surface area contributed by atoms with Gasteiger partial charge in [0.2, 0.25) is 0 Å². The number of benzene rings is 1. The van der Waals surface area contributed by atoms with E-state index in [0.29, 0.717) is 23.4 Å². The molecule has 0 aliphatic heterocycles. The van der Waals surface area contributed by atoms with Gasteiger partial charge >= 0.3 is 0 Å². The summed E-state index contributed by atoms with van der Waals surface area (Å²) in [6.45, 7) is 2.01. The molecule has 0 saturated carbocycles. The van der Waals surface area contributed by atoms with Gasteiger partial charge in [0.1, 0.15) is 5.75 Å². The molecule has 1 aromatic rings. The van der Waals surface area contributed by atoms with E-state index in [1.807, 2.05) is 6.92 Å². The lowest BCUT2D eigenvalue weighted by Gasteiger charge is -2.17. The second-order valence-electron chi connectivity index (χ2n) is 4.05. The van der Waals surface area contributed by atoms with Crippen molar-refractivity contribution < 1.29 is 14.6 Å². The van der Waals surface area contributed by atoms with E-state index >= 15 is 0 Å². The fraction of sp³-hybridized carbons (Fsp3) is 0.462. The highest BCUT2D eigenvalue weighted by atomic mass is 16.5. The first-order chi connectivity index (χ1) is 8.62. The number of nitrogen functional groups attached to an aromatic ring is 1. The number of aliphatic hydroxyl groups excluding tert-OH is 1. The van der Waals surface area contributed by atoms with Crippen molar-refractivity contribution in [3.8, 4) is 5.75 Å². The van der Waals surface area contributed by atoms with Crippen LogP contribution in [0.2, 0.25) is 0 Å². The number of aliphatic hydroxyl groups is 1. The van der Waals surface area contributed by atoms with Gasteiger partial charge in [0.15, 0.2) is 0 Å². The summed E-state index contributed by atoms with van der Waals surface area (Å²) >= 11 is 0. The fourth-order valence-electron chi connectivity index (χ4n) is 1.69. The van der Waals surface area contributed by atoms with Gasteiger partial charge in [0.05, 0.1) is 12.7 Å². The molecule has 0 aliphatic carbocycles. The molecule has 100 valence electrons. The number of hydrogen-bond acceptors (Lipinski definition) is 4. The van der Waals surface area contributed by atoms with Crippen molar-refractivity contribution in [1.29, 1.82) is 0 Å². The fourth-order valence-corrected chi connectivity index (χ4v) is 1.69. The predicted molar refractivity (Wildman–Crippen MR) is 70.7 cm³/mol. The van der Waals surface area contributed by atoms with E-state index in [9.17, 15) is 4.79 Å². The van der Waals surface area contributed by atoms with Crippen LogP contribution in [0.25, 0.3) is 0 Å². The van der Waals surface area contributed by atoms with Gasteiger partial charge in [-0.15, -0.1) is 0 Å². The molecule has 0 spiro atoms. The number of carbonyl (C=O) groups excluding carboxylic acids is 1. The minimum Gasteiger partial charge on any atom is -0.496 e. The Kier molecular flexibility index (Phi) is 5.45. The van der Waals surface area contributed by atoms with E-state index in [-0.39, 0.29) is 18.6 Å². The van der Waals surface area contributed by atoms with Gasteiger partial charge in [-0.1, -0.05) is 6.92 Å². The zero-order chi connectivity index (χ0) is 13.5. The number of carbonyl (C=O) groups is 1. The largest absolute Gasteiger partial charge is 0.496 e. The molecule has 4 N–H and O–H groups in total. The normalized spacial score (nSPS) is 11.9. The SMILES string of the molecule is CCC(CCO)NC(=O)c1ccc(N)cc1OC. The van der Waals surface area contributed by atoms with Gasteiger partial charge in [0, 0.05) is 24.4 Å². The molecular formula is C13H20N2O3. The first-order valence-corrected chi connectivity index (χ1v) is 5.97. The topological polar surface area (TPSA) is 84.6 Å². The summed E-state index contributed by atoms with van der Waals surface area (Å²) in [4.78, 5) is 12.1. The van der Waals surface area contributed by atoms with Crippen LogP contribution in [0, 0.1) is 0 Å². The molecule has 1 aromatic carbocycles. The molecule has 0 aromatic heterocycles. The molecule has 0 aliphatic rings. The molecule has 0 bridgehead atoms. The summed E-state index contributed by atoms with van der Waals surface area (Å²) in [5.74, 6) is 0.235. The predicted octanol–water partition coefficient (Wildman–Crippen LogP) is 1.17. The standard InChI is InChI=1S/C13H20N2O3/c1-3-10(6-7-16)15-13(17)11-5-4-9(14)8-12(11)18-2/h4-5,8,10,16H,3,6-7,14H2,1-2H3,(H,15,17). The first-order valence-electron chi connectivity index (χ1n) is 5.97. The number of nitrogens with one attached hydrogen (secondary N) is 1. The molecule has 1 rings (SSSR count). The van der Waals surface area contributed by atoms with E-state index in [0.717, 1.165) is 6.42 Å². The lowest BCUT2D eigenvalue weighted by atomic mass is 10.1. The number of methoxy groups -OCH3 is 1. The monoisotopic (exact) mass is 252 g/mol. The zero-order valence-corrected chi connectivity index (χ0v) is 10.8. The average Bonchev–Trinajstić information content (AvgIpc) is 2.37. The van der Waals surface area contributed by atoms with Crippen LogP contribution in [0.3, 0.4) is 0 Å². The number of hydrogen-bond donors (Lipinski definition) is 3. The summed E-state index contributed by atoms with van der Waals surface area (Å²) in [5.41, 5.74) is 6.63. The Morgan fingerprint density at radius 2 is 2.28 bits per heavy atom. The third kappa shape index (κ3) is 3.63. The van der Waals surface area contributed by atoms with Gasteiger partial charge in [-0.05, 0) is 25.0 Å². The number of amides is 1. The van der Waals surface area contributed by atoms with Crippen molar-refractivity contribution in [2.75, 3.05) is 19.5 Å². The summed E-state index contributed by atoms with van der Waals surface area (Å²) in [6.07, 6.45) is 1.31. The maximum atomic E-state index is 12.1. The van der Waals surface area contributed by atoms with Gasteiger partial charge in [0.25, 0.3) is 5.91 Å². The van der Waals surface area contributed by atoms with E-state index in [1.54, 1.807) is 18.2 Å². The van der Waals surface area contributed by atoms with Crippen molar-refractivity contribution >= 4 is 11.6 Å². The first kappa shape index (κ1) is 14.3. The lowest BCUT2D eigenvalue weighted by Crippen LogP contribution is -2.35. The van der Waals surface area contributed by atoms with E-state index in [1.165, 1.54) is 7.11 Å². The molecule has 0 heterocycles. The maximum absolute atomic E-state index is 12.1. The minimum absolute atomic E-state index is 0.0373. The van der Waals surface area contributed by atoms with Crippen LogP contribution < -0.4 is 15.8 Å². The van der Waals surface area contributed by atoms with Crippen LogP contribution in [0.1, 0.15) is 30.1 Å². The van der Waals surface area contributed by atoms with Gasteiger partial charge < -0.3 is 20.9 Å². The van der Waals surface area contributed by atoms with Crippen LogP contribution in [0.15, 0.2) is 18.2 Å². The molecule has 1 unspecified atom stereocenters. The molecular weight excluding hydrogens is 232 g/mol. The average molecular weight is 252 g/mol. The van der Waals surface area contributed by atoms with E-state index < -0.39 is 0 Å². The van der Waals surface area contributed by atoms with E-state index in [4.69, 9.17) is 15.6 Å². The highest BCUT2D eigenvalue weighted by Crippen LogP contribution is 2.21. The quantitative estimate of drug-likeness (QED) is 0.663. The molecule has 5 nitrogen and oxygen atoms in total. The second-order valence-corrected chi connectivity index (χ2v) is 4.05. The number of nitrogens with two attached hydrogens (primary N) is 1. The summed E-state index contributed by atoms with van der Waals surface area (Å²) in [6, 6.07) is 4.87. The molecule has 1 amide bonds. The third-order valence-electron chi connectivity index (χ3n) is 2.78. The van der Waals surface area contributed by atoms with Gasteiger partial charge in [-0.3, -0.25) is 4.79 Å². The van der Waals surface area contributed by atoms with Crippen molar-refractivity contribution in [2.24, 2.45) is 0 Å². The Bertz CT molecular complexity index is 407. The third-order valence-corrected chi connectivity index (χ3v) is 2.78. The van der Waals surface area contributed by atoms with E-state index in [2.05, 4.69) is 5.32 Å². The van der Waals surface area contributed by atoms with Gasteiger partial charge in [-0.2, -0.15) is 0 Å². The molecule has 1 atom stereocenters.